The van der Waals surface area contributed by atoms with E-state index in [0.29, 0.717) is 23.5 Å². The van der Waals surface area contributed by atoms with Crippen LogP contribution in [0.1, 0.15) is 29.3 Å². The highest BCUT2D eigenvalue weighted by Crippen LogP contribution is 2.29. The molecule has 0 aliphatic carbocycles. The SMILES string of the molecule is COC(=O)c1c(C)csc1NC(=O)N1CC(C)CC(C(=O)O)C1. The Hall–Kier alpha value is -2.09. The fraction of sp³-hybridized carbons (Fsp3) is 0.533. The van der Waals surface area contributed by atoms with E-state index < -0.39 is 23.9 Å². The first-order chi connectivity index (χ1) is 10.8. The van der Waals surface area contributed by atoms with Gasteiger partial charge in [-0.05, 0) is 30.2 Å². The summed E-state index contributed by atoms with van der Waals surface area (Å²) >= 11 is 1.24. The first-order valence-corrected chi connectivity index (χ1v) is 8.16. The molecule has 0 aromatic carbocycles. The van der Waals surface area contributed by atoms with Crippen LogP contribution in [0, 0.1) is 18.8 Å². The quantitative estimate of drug-likeness (QED) is 0.824. The first kappa shape index (κ1) is 17.3. The van der Waals surface area contributed by atoms with Crippen molar-refractivity contribution in [3.63, 3.8) is 0 Å². The molecule has 0 radical (unpaired) electrons. The number of carbonyl (C=O) groups is 3. The van der Waals surface area contributed by atoms with Crippen LogP contribution < -0.4 is 5.32 Å². The number of ether oxygens (including phenoxy) is 1. The summed E-state index contributed by atoms with van der Waals surface area (Å²) < 4.78 is 4.73. The smallest absolute Gasteiger partial charge is 0.341 e. The van der Waals surface area contributed by atoms with E-state index in [-0.39, 0.29) is 12.5 Å². The predicted molar refractivity (Wildman–Crippen MR) is 85.9 cm³/mol. The van der Waals surface area contributed by atoms with Gasteiger partial charge in [-0.1, -0.05) is 6.92 Å². The minimum atomic E-state index is -0.892. The van der Waals surface area contributed by atoms with E-state index in [0.717, 1.165) is 5.56 Å². The fourth-order valence-corrected chi connectivity index (χ4v) is 3.69. The Morgan fingerprint density at radius 3 is 2.70 bits per heavy atom. The van der Waals surface area contributed by atoms with Crippen molar-refractivity contribution in [3.8, 4) is 0 Å². The zero-order chi connectivity index (χ0) is 17.1. The van der Waals surface area contributed by atoms with E-state index >= 15 is 0 Å². The first-order valence-electron chi connectivity index (χ1n) is 7.28. The largest absolute Gasteiger partial charge is 0.481 e. The topological polar surface area (TPSA) is 95.9 Å². The van der Waals surface area contributed by atoms with Crippen LogP contribution >= 0.6 is 11.3 Å². The molecular formula is C15H20N2O5S. The monoisotopic (exact) mass is 340 g/mol. The number of likely N-dealkylation sites (tertiary alicyclic amines) is 1. The molecule has 1 aliphatic heterocycles. The molecule has 2 N–H and O–H groups in total. The number of hydrogen-bond acceptors (Lipinski definition) is 5. The molecule has 0 bridgehead atoms. The van der Waals surface area contributed by atoms with Crippen molar-refractivity contribution in [2.75, 3.05) is 25.5 Å². The van der Waals surface area contributed by atoms with Crippen molar-refractivity contribution in [2.45, 2.75) is 20.3 Å². The molecule has 2 unspecified atom stereocenters. The van der Waals surface area contributed by atoms with Crippen molar-refractivity contribution in [1.82, 2.24) is 4.90 Å². The third-order valence-electron chi connectivity index (χ3n) is 3.88. The lowest BCUT2D eigenvalue weighted by molar-refractivity contribution is -0.143. The highest BCUT2D eigenvalue weighted by Gasteiger charge is 2.32. The number of nitrogens with zero attached hydrogens (tertiary/aromatic N) is 1. The zero-order valence-corrected chi connectivity index (χ0v) is 14.1. The van der Waals surface area contributed by atoms with Crippen LogP contribution in [-0.4, -0.2) is 48.2 Å². The number of amides is 2. The molecule has 2 atom stereocenters. The van der Waals surface area contributed by atoms with Gasteiger partial charge in [0.05, 0.1) is 18.6 Å². The normalized spacial score (nSPS) is 20.9. The van der Waals surface area contributed by atoms with Crippen molar-refractivity contribution >= 4 is 34.3 Å². The summed E-state index contributed by atoms with van der Waals surface area (Å²) in [6.07, 6.45) is 0.560. The molecule has 8 heteroatoms. The van der Waals surface area contributed by atoms with Gasteiger partial charge in [-0.15, -0.1) is 11.3 Å². The van der Waals surface area contributed by atoms with E-state index in [1.54, 1.807) is 12.3 Å². The highest BCUT2D eigenvalue weighted by molar-refractivity contribution is 7.15. The third-order valence-corrected chi connectivity index (χ3v) is 4.89. The second-order valence-corrected chi connectivity index (χ2v) is 6.71. The lowest BCUT2D eigenvalue weighted by Gasteiger charge is -2.34. The summed E-state index contributed by atoms with van der Waals surface area (Å²) in [5.41, 5.74) is 1.07. The third kappa shape index (κ3) is 3.82. The number of urea groups is 1. The van der Waals surface area contributed by atoms with Gasteiger partial charge in [0.2, 0.25) is 0 Å². The second kappa shape index (κ2) is 6.99. The van der Waals surface area contributed by atoms with E-state index in [1.807, 2.05) is 6.92 Å². The molecule has 1 aromatic heterocycles. The van der Waals surface area contributed by atoms with E-state index in [9.17, 15) is 19.5 Å². The maximum Gasteiger partial charge on any atom is 0.341 e. The molecule has 126 valence electrons. The van der Waals surface area contributed by atoms with Crippen LogP contribution in [0.25, 0.3) is 0 Å². The highest BCUT2D eigenvalue weighted by atomic mass is 32.1. The van der Waals surface area contributed by atoms with E-state index in [1.165, 1.54) is 23.3 Å². The number of carboxylic acids is 1. The van der Waals surface area contributed by atoms with Gasteiger partial charge in [0.1, 0.15) is 5.00 Å². The van der Waals surface area contributed by atoms with Crippen LogP contribution in [0.5, 0.6) is 0 Å². The molecule has 0 spiro atoms. The second-order valence-electron chi connectivity index (χ2n) is 5.83. The molecule has 2 rings (SSSR count). The molecule has 0 saturated carbocycles. The van der Waals surface area contributed by atoms with Gasteiger partial charge in [0.25, 0.3) is 0 Å². The zero-order valence-electron chi connectivity index (χ0n) is 13.3. The van der Waals surface area contributed by atoms with Gasteiger partial charge in [-0.25, -0.2) is 9.59 Å². The Balaban J connectivity index is 2.13. The Kier molecular flexibility index (Phi) is 5.25. The molecule has 1 aromatic rings. The Morgan fingerprint density at radius 2 is 2.09 bits per heavy atom. The summed E-state index contributed by atoms with van der Waals surface area (Å²) in [5, 5.41) is 14.1. The Bertz CT molecular complexity index is 627. The van der Waals surface area contributed by atoms with Gasteiger partial charge >= 0.3 is 18.0 Å². The van der Waals surface area contributed by atoms with Crippen LogP contribution in [0.3, 0.4) is 0 Å². The summed E-state index contributed by atoms with van der Waals surface area (Å²) in [4.78, 5) is 36.9. The van der Waals surface area contributed by atoms with Gasteiger partial charge in [0, 0.05) is 13.1 Å². The van der Waals surface area contributed by atoms with Crippen LogP contribution in [-0.2, 0) is 9.53 Å². The van der Waals surface area contributed by atoms with Crippen molar-refractivity contribution in [2.24, 2.45) is 11.8 Å². The van der Waals surface area contributed by atoms with Crippen molar-refractivity contribution in [3.05, 3.63) is 16.5 Å². The number of piperidine rings is 1. The van der Waals surface area contributed by atoms with Crippen LogP contribution in [0.15, 0.2) is 5.38 Å². The fourth-order valence-electron chi connectivity index (χ4n) is 2.76. The van der Waals surface area contributed by atoms with Gasteiger partial charge in [-0.3, -0.25) is 10.1 Å². The molecule has 2 heterocycles. The van der Waals surface area contributed by atoms with Gasteiger partial charge < -0.3 is 14.7 Å². The maximum atomic E-state index is 12.4. The average molecular weight is 340 g/mol. The Morgan fingerprint density at radius 1 is 1.39 bits per heavy atom. The molecule has 1 saturated heterocycles. The predicted octanol–water partition coefficient (Wildman–Crippen LogP) is 2.42. The van der Waals surface area contributed by atoms with Crippen LogP contribution in [0.2, 0.25) is 0 Å². The van der Waals surface area contributed by atoms with E-state index in [4.69, 9.17) is 4.74 Å². The number of anilines is 1. The average Bonchev–Trinajstić information content (AvgIpc) is 2.86. The van der Waals surface area contributed by atoms with Gasteiger partial charge in [0.15, 0.2) is 0 Å². The number of methoxy groups -OCH3 is 1. The molecule has 2 amide bonds. The minimum Gasteiger partial charge on any atom is -0.481 e. The number of nitrogens with one attached hydrogen (secondary N) is 1. The van der Waals surface area contributed by atoms with Gasteiger partial charge in [-0.2, -0.15) is 0 Å². The summed E-state index contributed by atoms with van der Waals surface area (Å²) in [6, 6.07) is -0.394. The van der Waals surface area contributed by atoms with E-state index in [2.05, 4.69) is 5.32 Å². The molecule has 1 aliphatic rings. The molecule has 7 nitrogen and oxygen atoms in total. The number of rotatable bonds is 3. The lowest BCUT2D eigenvalue weighted by Crippen LogP contribution is -2.47. The standard InChI is InChI=1S/C15H20N2O5S/c1-8-4-10(13(18)19)6-17(5-8)15(21)16-12-11(14(20)22-3)9(2)7-23-12/h7-8,10H,4-6H2,1-3H3,(H,16,21)(H,18,19). The number of aliphatic carboxylic acids is 1. The number of hydrogen-bond donors (Lipinski definition) is 2. The minimum absolute atomic E-state index is 0.112. The number of carbonyl (C=O) groups excluding carboxylic acids is 2. The summed E-state index contributed by atoms with van der Waals surface area (Å²) in [7, 11) is 1.29. The van der Waals surface area contributed by atoms with Crippen molar-refractivity contribution < 1.29 is 24.2 Å². The Labute approximate surface area is 138 Å². The van der Waals surface area contributed by atoms with Crippen molar-refractivity contribution in [1.29, 1.82) is 0 Å². The molecular weight excluding hydrogens is 320 g/mol. The maximum absolute atomic E-state index is 12.4. The number of esters is 1. The summed E-state index contributed by atoms with van der Waals surface area (Å²) in [5.74, 6) is -1.85. The lowest BCUT2D eigenvalue weighted by atomic mass is 9.91. The number of carboxylic acid groups (broad SMARTS) is 1. The molecule has 23 heavy (non-hydrogen) atoms. The number of aryl methyl sites for hydroxylation is 1. The summed E-state index contributed by atoms with van der Waals surface area (Å²) in [6.45, 7) is 4.35. The number of thiophene rings is 1. The van der Waals surface area contributed by atoms with Crippen LogP contribution in [0.4, 0.5) is 9.80 Å². The molecule has 1 fully saturated rings.